The van der Waals surface area contributed by atoms with Gasteiger partial charge in [0.05, 0.1) is 16.7 Å². The van der Waals surface area contributed by atoms with E-state index in [2.05, 4.69) is 16.4 Å². The summed E-state index contributed by atoms with van der Waals surface area (Å²) in [6.07, 6.45) is 4.62. The predicted molar refractivity (Wildman–Crippen MR) is 68.5 cm³/mol. The number of amides is 1. The van der Waals surface area contributed by atoms with E-state index in [4.69, 9.17) is 23.2 Å². The first-order valence-electron chi connectivity index (χ1n) is 5.61. The van der Waals surface area contributed by atoms with Crippen LogP contribution in [-0.2, 0) is 0 Å². The van der Waals surface area contributed by atoms with Gasteiger partial charge < -0.3 is 5.32 Å². The summed E-state index contributed by atoms with van der Waals surface area (Å²) < 4.78 is 0. The summed E-state index contributed by atoms with van der Waals surface area (Å²) in [5, 5.41) is 12.3. The third-order valence-electron chi connectivity index (χ3n) is 3.08. The monoisotopic (exact) mass is 283 g/mol. The van der Waals surface area contributed by atoms with Crippen molar-refractivity contribution >= 4 is 29.1 Å². The number of nitrogens with zero attached hydrogens (tertiary/aromatic N) is 2. The molecule has 0 aromatic carbocycles. The maximum Gasteiger partial charge on any atom is 0.254 e. The van der Waals surface area contributed by atoms with Crippen LogP contribution >= 0.6 is 23.2 Å². The molecular weight excluding hydrogens is 273 g/mol. The molecule has 4 nitrogen and oxygen atoms in total. The number of rotatable bonds is 2. The van der Waals surface area contributed by atoms with Crippen LogP contribution in [0.3, 0.4) is 0 Å². The topological polar surface area (TPSA) is 65.8 Å². The number of carbonyl (C=O) groups excluding carboxylic acids is 1. The summed E-state index contributed by atoms with van der Waals surface area (Å²) >= 11 is 11.5. The van der Waals surface area contributed by atoms with Crippen LogP contribution in [0.5, 0.6) is 0 Å². The minimum absolute atomic E-state index is 0.157. The lowest BCUT2D eigenvalue weighted by Crippen LogP contribution is -2.45. The first-order chi connectivity index (χ1) is 8.56. The Bertz CT molecular complexity index is 519. The van der Waals surface area contributed by atoms with Crippen LogP contribution in [-0.4, -0.2) is 16.4 Å². The lowest BCUT2D eigenvalue weighted by Gasteiger charge is -2.21. The maximum absolute atomic E-state index is 12.0. The van der Waals surface area contributed by atoms with Gasteiger partial charge in [0.15, 0.2) is 0 Å². The standard InChI is InChI=1S/C12H11Cl2N3O/c13-9-5-8(6-16-10(9)14)11(18)17-12(7-15)3-1-2-4-12/h5-6H,1-4H2,(H,17,18). The van der Waals surface area contributed by atoms with Gasteiger partial charge in [-0.15, -0.1) is 0 Å². The van der Waals surface area contributed by atoms with E-state index in [-0.39, 0.29) is 16.1 Å². The summed E-state index contributed by atoms with van der Waals surface area (Å²) in [7, 11) is 0. The third kappa shape index (κ3) is 2.58. The number of halogens is 2. The molecule has 94 valence electrons. The Morgan fingerprint density at radius 1 is 1.44 bits per heavy atom. The number of pyridine rings is 1. The van der Waals surface area contributed by atoms with E-state index in [0.717, 1.165) is 12.8 Å². The van der Waals surface area contributed by atoms with Crippen LogP contribution in [0.1, 0.15) is 36.0 Å². The van der Waals surface area contributed by atoms with Gasteiger partial charge in [-0.25, -0.2) is 4.98 Å². The van der Waals surface area contributed by atoms with Gasteiger partial charge in [-0.05, 0) is 31.7 Å². The molecule has 2 rings (SSSR count). The maximum atomic E-state index is 12.0. The number of hydrogen-bond acceptors (Lipinski definition) is 3. The fraction of sp³-hybridized carbons (Fsp3) is 0.417. The van der Waals surface area contributed by atoms with Crippen molar-refractivity contribution < 1.29 is 4.79 Å². The summed E-state index contributed by atoms with van der Waals surface area (Å²) in [6.45, 7) is 0. The molecular formula is C12H11Cl2N3O. The van der Waals surface area contributed by atoms with Crippen molar-refractivity contribution in [2.45, 2.75) is 31.2 Å². The highest BCUT2D eigenvalue weighted by atomic mass is 35.5. The van der Waals surface area contributed by atoms with Gasteiger partial charge in [0.1, 0.15) is 10.7 Å². The molecule has 0 radical (unpaired) electrons. The number of carbonyl (C=O) groups is 1. The van der Waals surface area contributed by atoms with Crippen molar-refractivity contribution in [3.05, 3.63) is 28.0 Å². The summed E-state index contributed by atoms with van der Waals surface area (Å²) in [5.74, 6) is -0.343. The van der Waals surface area contributed by atoms with E-state index in [1.165, 1.54) is 12.3 Å². The fourth-order valence-corrected chi connectivity index (χ4v) is 2.35. The van der Waals surface area contributed by atoms with Crippen LogP contribution in [0.25, 0.3) is 0 Å². The number of aromatic nitrogens is 1. The number of nitriles is 1. The lowest BCUT2D eigenvalue weighted by atomic mass is 9.99. The predicted octanol–water partition coefficient (Wildman–Crippen LogP) is 2.95. The van der Waals surface area contributed by atoms with Crippen LogP contribution in [0.2, 0.25) is 10.2 Å². The second kappa shape index (κ2) is 5.13. The molecule has 6 heteroatoms. The van der Waals surface area contributed by atoms with E-state index >= 15 is 0 Å². The average molecular weight is 284 g/mol. The Morgan fingerprint density at radius 3 is 2.67 bits per heavy atom. The quantitative estimate of drug-likeness (QED) is 0.849. The minimum Gasteiger partial charge on any atom is -0.334 e. The Hall–Kier alpha value is -1.31. The van der Waals surface area contributed by atoms with E-state index in [1.807, 2.05) is 0 Å². The zero-order chi connectivity index (χ0) is 13.2. The van der Waals surface area contributed by atoms with E-state index in [9.17, 15) is 10.1 Å². The molecule has 0 bridgehead atoms. The van der Waals surface area contributed by atoms with Crippen molar-refractivity contribution in [2.24, 2.45) is 0 Å². The van der Waals surface area contributed by atoms with Crippen molar-refractivity contribution in [1.29, 1.82) is 5.26 Å². The van der Waals surface area contributed by atoms with Crippen LogP contribution in [0.15, 0.2) is 12.3 Å². The molecule has 1 aliphatic rings. The minimum atomic E-state index is -0.747. The largest absolute Gasteiger partial charge is 0.334 e. The molecule has 1 heterocycles. The molecule has 1 amide bonds. The van der Waals surface area contributed by atoms with Gasteiger partial charge in [0.2, 0.25) is 0 Å². The molecule has 0 spiro atoms. The van der Waals surface area contributed by atoms with Gasteiger partial charge in [0, 0.05) is 6.20 Å². The van der Waals surface area contributed by atoms with Gasteiger partial charge in [-0.2, -0.15) is 5.26 Å². The Kier molecular flexibility index (Phi) is 3.74. The summed E-state index contributed by atoms with van der Waals surface area (Å²) in [6, 6.07) is 3.64. The van der Waals surface area contributed by atoms with Gasteiger partial charge >= 0.3 is 0 Å². The molecule has 0 saturated heterocycles. The van der Waals surface area contributed by atoms with Crippen molar-refractivity contribution in [2.75, 3.05) is 0 Å². The van der Waals surface area contributed by atoms with E-state index < -0.39 is 5.54 Å². The fourth-order valence-electron chi connectivity index (χ4n) is 2.08. The van der Waals surface area contributed by atoms with Crippen LogP contribution < -0.4 is 5.32 Å². The highest BCUT2D eigenvalue weighted by molar-refractivity contribution is 6.41. The van der Waals surface area contributed by atoms with Gasteiger partial charge in [0.25, 0.3) is 5.91 Å². The van der Waals surface area contributed by atoms with Crippen molar-refractivity contribution in [3.63, 3.8) is 0 Å². The molecule has 0 atom stereocenters. The molecule has 1 aromatic rings. The average Bonchev–Trinajstić information content (AvgIpc) is 2.82. The molecule has 0 unspecified atom stereocenters. The summed E-state index contributed by atoms with van der Waals surface area (Å²) in [4.78, 5) is 15.8. The smallest absolute Gasteiger partial charge is 0.254 e. The normalized spacial score (nSPS) is 17.2. The van der Waals surface area contributed by atoms with Gasteiger partial charge in [-0.3, -0.25) is 4.79 Å². The van der Waals surface area contributed by atoms with Crippen LogP contribution in [0.4, 0.5) is 0 Å². The van der Waals surface area contributed by atoms with Crippen molar-refractivity contribution in [1.82, 2.24) is 10.3 Å². The highest BCUT2D eigenvalue weighted by Gasteiger charge is 2.35. The Morgan fingerprint density at radius 2 is 2.11 bits per heavy atom. The highest BCUT2D eigenvalue weighted by Crippen LogP contribution is 2.29. The second-order valence-corrected chi connectivity index (χ2v) is 5.12. The van der Waals surface area contributed by atoms with Crippen LogP contribution in [0, 0.1) is 11.3 Å². The first kappa shape index (κ1) is 13.1. The zero-order valence-electron chi connectivity index (χ0n) is 9.54. The van der Waals surface area contributed by atoms with E-state index in [0.29, 0.717) is 18.4 Å². The Balaban J connectivity index is 2.17. The number of nitrogens with one attached hydrogen (secondary N) is 1. The molecule has 1 N–H and O–H groups in total. The zero-order valence-corrected chi connectivity index (χ0v) is 11.1. The molecule has 1 fully saturated rings. The number of hydrogen-bond donors (Lipinski definition) is 1. The molecule has 1 aromatic heterocycles. The molecule has 0 aliphatic heterocycles. The van der Waals surface area contributed by atoms with Gasteiger partial charge in [-0.1, -0.05) is 23.2 Å². The lowest BCUT2D eigenvalue weighted by molar-refractivity contribution is 0.0920. The van der Waals surface area contributed by atoms with Crippen molar-refractivity contribution in [3.8, 4) is 6.07 Å². The Labute approximate surface area is 115 Å². The second-order valence-electron chi connectivity index (χ2n) is 4.35. The molecule has 1 aliphatic carbocycles. The summed E-state index contributed by atoms with van der Waals surface area (Å²) in [5.41, 5.74) is -0.436. The van der Waals surface area contributed by atoms with E-state index in [1.54, 1.807) is 0 Å². The third-order valence-corrected chi connectivity index (χ3v) is 3.77. The SMILES string of the molecule is N#CC1(NC(=O)c2cnc(Cl)c(Cl)c2)CCCC1. The first-order valence-corrected chi connectivity index (χ1v) is 6.37. The molecule has 1 saturated carbocycles. The molecule has 18 heavy (non-hydrogen) atoms.